The van der Waals surface area contributed by atoms with Crippen molar-refractivity contribution < 1.29 is 9.90 Å². The van der Waals surface area contributed by atoms with Gasteiger partial charge in [0, 0.05) is 45.8 Å². The van der Waals surface area contributed by atoms with Crippen molar-refractivity contribution in [3.63, 3.8) is 0 Å². The van der Waals surface area contributed by atoms with E-state index >= 15 is 0 Å². The van der Waals surface area contributed by atoms with Crippen molar-refractivity contribution >= 4 is 35.8 Å². The molecule has 0 saturated carbocycles. The summed E-state index contributed by atoms with van der Waals surface area (Å²) in [6.45, 7) is 9.35. The van der Waals surface area contributed by atoms with Gasteiger partial charge in [0.1, 0.15) is 5.75 Å². The predicted molar refractivity (Wildman–Crippen MR) is 127 cm³/mol. The fourth-order valence-electron chi connectivity index (χ4n) is 3.75. The highest BCUT2D eigenvalue weighted by Crippen LogP contribution is 2.12. The van der Waals surface area contributed by atoms with E-state index in [9.17, 15) is 9.90 Å². The zero-order chi connectivity index (χ0) is 19.8. The van der Waals surface area contributed by atoms with E-state index in [1.807, 2.05) is 17.0 Å². The first-order valence-electron chi connectivity index (χ1n) is 10.5. The van der Waals surface area contributed by atoms with Crippen molar-refractivity contribution in [3.05, 3.63) is 29.8 Å². The Kier molecular flexibility index (Phi) is 9.99. The molecule has 2 N–H and O–H groups in total. The lowest BCUT2D eigenvalue weighted by atomic mass is 10.1. The monoisotopic (exact) mass is 515 g/mol. The fraction of sp³-hybridized carbons (Fsp3) is 0.619. The number of halogens is 1. The summed E-state index contributed by atoms with van der Waals surface area (Å²) in [6, 6.07) is 7.17. The first-order valence-corrected chi connectivity index (χ1v) is 10.5. The molecule has 0 aliphatic carbocycles. The number of phenolic OH excluding ortho intramolecular Hbond substituents is 1. The molecule has 162 valence electrons. The zero-order valence-electron chi connectivity index (χ0n) is 17.3. The smallest absolute Gasteiger partial charge is 0.236 e. The number of rotatable bonds is 5. The van der Waals surface area contributed by atoms with Gasteiger partial charge in [-0.25, -0.2) is 4.99 Å². The maximum atomic E-state index is 12.5. The van der Waals surface area contributed by atoms with Gasteiger partial charge in [-0.05, 0) is 43.9 Å². The molecule has 2 heterocycles. The van der Waals surface area contributed by atoms with Gasteiger partial charge in [-0.15, -0.1) is 24.0 Å². The second-order valence-electron chi connectivity index (χ2n) is 7.54. The first-order chi connectivity index (χ1) is 13.7. The number of hydrogen-bond acceptors (Lipinski definition) is 4. The van der Waals surface area contributed by atoms with Gasteiger partial charge in [0.25, 0.3) is 0 Å². The number of carbonyl (C=O) groups excluding carboxylic acids is 1. The van der Waals surface area contributed by atoms with Crippen molar-refractivity contribution in [2.24, 2.45) is 4.99 Å². The fourth-order valence-corrected chi connectivity index (χ4v) is 3.75. The molecule has 0 unspecified atom stereocenters. The van der Waals surface area contributed by atoms with Crippen LogP contribution in [0.2, 0.25) is 0 Å². The number of nitrogens with one attached hydrogen (secondary N) is 1. The van der Waals surface area contributed by atoms with Gasteiger partial charge in [-0.3, -0.25) is 9.69 Å². The molecule has 0 spiro atoms. The Hall–Kier alpha value is -1.55. The summed E-state index contributed by atoms with van der Waals surface area (Å²) < 4.78 is 0. The van der Waals surface area contributed by atoms with Gasteiger partial charge in [0.05, 0.1) is 13.1 Å². The van der Waals surface area contributed by atoms with Crippen LogP contribution in [-0.2, 0) is 11.3 Å². The van der Waals surface area contributed by atoms with E-state index in [0.29, 0.717) is 13.1 Å². The van der Waals surface area contributed by atoms with Gasteiger partial charge in [-0.1, -0.05) is 12.1 Å². The highest BCUT2D eigenvalue weighted by atomic mass is 127. The van der Waals surface area contributed by atoms with Crippen molar-refractivity contribution in [3.8, 4) is 5.75 Å². The van der Waals surface area contributed by atoms with Crippen LogP contribution in [0, 0.1) is 0 Å². The third kappa shape index (κ3) is 7.33. The molecule has 0 radical (unpaired) electrons. The minimum atomic E-state index is 0. The molecule has 0 aromatic heterocycles. The molecule has 29 heavy (non-hydrogen) atoms. The zero-order valence-corrected chi connectivity index (χ0v) is 19.7. The van der Waals surface area contributed by atoms with Crippen LogP contribution in [0.15, 0.2) is 29.3 Å². The molecule has 1 aromatic carbocycles. The van der Waals surface area contributed by atoms with E-state index in [0.717, 1.165) is 70.2 Å². The molecule has 2 fully saturated rings. The van der Waals surface area contributed by atoms with E-state index in [1.165, 1.54) is 6.42 Å². The van der Waals surface area contributed by atoms with Crippen molar-refractivity contribution in [2.75, 3.05) is 52.4 Å². The topological polar surface area (TPSA) is 71.4 Å². The summed E-state index contributed by atoms with van der Waals surface area (Å²) in [5.41, 5.74) is 1.07. The third-order valence-corrected chi connectivity index (χ3v) is 5.42. The molecular weight excluding hydrogens is 481 g/mol. The van der Waals surface area contributed by atoms with Gasteiger partial charge in [0.2, 0.25) is 5.91 Å². The molecule has 2 saturated heterocycles. The Balaban J connectivity index is 0.00000300. The molecule has 1 amide bonds. The van der Waals surface area contributed by atoms with E-state index in [2.05, 4.69) is 22.0 Å². The highest BCUT2D eigenvalue weighted by Gasteiger charge is 2.24. The van der Waals surface area contributed by atoms with Gasteiger partial charge in [-0.2, -0.15) is 0 Å². The van der Waals surface area contributed by atoms with Crippen molar-refractivity contribution in [1.82, 2.24) is 20.0 Å². The summed E-state index contributed by atoms with van der Waals surface area (Å²) in [4.78, 5) is 23.8. The number of nitrogens with zero attached hydrogens (tertiary/aromatic N) is 4. The standard InChI is InChI=1S/C21H33N5O2.HI/c1-2-22-21(23-16-18-6-8-19(27)9-7-18)26-14-12-24(13-15-26)17-20(28)25-10-4-3-5-11-25;/h6-9,27H,2-5,10-17H2,1H3,(H,22,23);1H. The summed E-state index contributed by atoms with van der Waals surface area (Å²) in [7, 11) is 0. The summed E-state index contributed by atoms with van der Waals surface area (Å²) >= 11 is 0. The summed E-state index contributed by atoms with van der Waals surface area (Å²) in [6.07, 6.45) is 3.53. The Morgan fingerprint density at radius 1 is 1.00 bits per heavy atom. The molecular formula is C21H34IN5O2. The predicted octanol–water partition coefficient (Wildman–Crippen LogP) is 2.11. The van der Waals surface area contributed by atoms with Crippen LogP contribution < -0.4 is 5.32 Å². The number of likely N-dealkylation sites (tertiary alicyclic amines) is 1. The van der Waals surface area contributed by atoms with Crippen LogP contribution in [0.3, 0.4) is 0 Å². The first kappa shape index (κ1) is 23.7. The minimum absolute atomic E-state index is 0. The molecule has 0 bridgehead atoms. The number of carbonyl (C=O) groups is 1. The van der Waals surface area contributed by atoms with Gasteiger partial charge < -0.3 is 20.2 Å². The van der Waals surface area contributed by atoms with E-state index in [1.54, 1.807) is 12.1 Å². The largest absolute Gasteiger partial charge is 0.508 e. The van der Waals surface area contributed by atoms with Crippen LogP contribution in [-0.4, -0.2) is 84.0 Å². The Labute approximate surface area is 191 Å². The Bertz CT molecular complexity index is 654. The second-order valence-corrected chi connectivity index (χ2v) is 7.54. The van der Waals surface area contributed by atoms with E-state index < -0.39 is 0 Å². The lowest BCUT2D eigenvalue weighted by molar-refractivity contribution is -0.133. The highest BCUT2D eigenvalue weighted by molar-refractivity contribution is 14.0. The van der Waals surface area contributed by atoms with Crippen LogP contribution in [0.4, 0.5) is 0 Å². The molecule has 3 rings (SSSR count). The maximum absolute atomic E-state index is 12.5. The average molecular weight is 515 g/mol. The Morgan fingerprint density at radius 3 is 2.28 bits per heavy atom. The number of aromatic hydroxyl groups is 1. The van der Waals surface area contributed by atoms with Crippen LogP contribution in [0.25, 0.3) is 0 Å². The summed E-state index contributed by atoms with van der Waals surface area (Å²) in [5.74, 6) is 1.47. The number of hydrogen-bond donors (Lipinski definition) is 2. The number of guanidine groups is 1. The lowest BCUT2D eigenvalue weighted by Crippen LogP contribution is -2.54. The number of benzene rings is 1. The SMILES string of the molecule is CCNC(=NCc1ccc(O)cc1)N1CCN(CC(=O)N2CCCCC2)CC1.I. The Morgan fingerprint density at radius 2 is 1.66 bits per heavy atom. The van der Waals surface area contributed by atoms with Crippen LogP contribution in [0.5, 0.6) is 5.75 Å². The molecule has 1 aromatic rings. The van der Waals surface area contributed by atoms with E-state index in [4.69, 9.17) is 4.99 Å². The lowest BCUT2D eigenvalue weighted by Gasteiger charge is -2.37. The molecule has 2 aliphatic rings. The number of piperazine rings is 1. The second kappa shape index (κ2) is 12.2. The third-order valence-electron chi connectivity index (χ3n) is 5.42. The normalized spacial score (nSPS) is 18.3. The summed E-state index contributed by atoms with van der Waals surface area (Å²) in [5, 5.41) is 12.8. The van der Waals surface area contributed by atoms with Crippen LogP contribution in [0.1, 0.15) is 31.7 Å². The number of phenols is 1. The molecule has 0 atom stereocenters. The number of piperidine rings is 1. The maximum Gasteiger partial charge on any atom is 0.236 e. The molecule has 8 heteroatoms. The molecule has 7 nitrogen and oxygen atoms in total. The van der Waals surface area contributed by atoms with Gasteiger partial charge in [0.15, 0.2) is 5.96 Å². The average Bonchev–Trinajstić information content (AvgIpc) is 2.73. The quantitative estimate of drug-likeness (QED) is 0.357. The van der Waals surface area contributed by atoms with Crippen LogP contribution >= 0.6 is 24.0 Å². The van der Waals surface area contributed by atoms with Crippen molar-refractivity contribution in [1.29, 1.82) is 0 Å². The number of aliphatic imine (C=N–C) groups is 1. The van der Waals surface area contributed by atoms with Gasteiger partial charge >= 0.3 is 0 Å². The van der Waals surface area contributed by atoms with Crippen molar-refractivity contribution in [2.45, 2.75) is 32.7 Å². The molecule has 2 aliphatic heterocycles. The van der Waals surface area contributed by atoms with E-state index in [-0.39, 0.29) is 35.6 Å². The number of amides is 1. The minimum Gasteiger partial charge on any atom is -0.508 e.